The zero-order chi connectivity index (χ0) is 15.2. The fourth-order valence-electron chi connectivity index (χ4n) is 2.42. The largest absolute Gasteiger partial charge is 0.496 e. The van der Waals surface area contributed by atoms with Crippen molar-refractivity contribution in [2.75, 3.05) is 13.7 Å². The van der Waals surface area contributed by atoms with E-state index < -0.39 is 0 Å². The molecule has 2 aromatic carbocycles. The second-order valence-corrected chi connectivity index (χ2v) is 5.92. The van der Waals surface area contributed by atoms with Crippen LogP contribution in [0.5, 0.6) is 5.75 Å². The SMILES string of the molecule is COc1ccccc1CC(CN)Cc1ccc(F)c(Br)c1. The van der Waals surface area contributed by atoms with Gasteiger partial charge in [-0.05, 0) is 70.6 Å². The predicted octanol–water partition coefficient (Wildman–Crippen LogP) is 3.96. The van der Waals surface area contributed by atoms with Crippen LogP contribution in [-0.4, -0.2) is 13.7 Å². The Morgan fingerprint density at radius 2 is 1.95 bits per heavy atom. The molecule has 0 bridgehead atoms. The van der Waals surface area contributed by atoms with Crippen LogP contribution in [0, 0.1) is 11.7 Å². The Kier molecular flexibility index (Phi) is 5.76. The van der Waals surface area contributed by atoms with Gasteiger partial charge in [0.05, 0.1) is 11.6 Å². The molecule has 1 unspecified atom stereocenters. The zero-order valence-corrected chi connectivity index (χ0v) is 13.6. The summed E-state index contributed by atoms with van der Waals surface area (Å²) in [6, 6.07) is 13.1. The highest BCUT2D eigenvalue weighted by atomic mass is 79.9. The summed E-state index contributed by atoms with van der Waals surface area (Å²) in [5.74, 6) is 0.933. The maximum atomic E-state index is 13.3. The van der Waals surface area contributed by atoms with Crippen LogP contribution in [-0.2, 0) is 12.8 Å². The van der Waals surface area contributed by atoms with Gasteiger partial charge in [-0.2, -0.15) is 0 Å². The molecule has 4 heteroatoms. The maximum absolute atomic E-state index is 13.3. The first-order chi connectivity index (χ1) is 10.1. The summed E-state index contributed by atoms with van der Waals surface area (Å²) in [6.07, 6.45) is 1.66. The molecule has 0 saturated heterocycles. The van der Waals surface area contributed by atoms with Crippen molar-refractivity contribution in [3.8, 4) is 5.75 Å². The number of hydrogen-bond acceptors (Lipinski definition) is 2. The molecule has 2 N–H and O–H groups in total. The number of nitrogens with two attached hydrogens (primary N) is 1. The van der Waals surface area contributed by atoms with Gasteiger partial charge in [0, 0.05) is 0 Å². The molecular weight excluding hydrogens is 333 g/mol. The van der Waals surface area contributed by atoms with Gasteiger partial charge in [-0.15, -0.1) is 0 Å². The highest BCUT2D eigenvalue weighted by Gasteiger charge is 2.13. The van der Waals surface area contributed by atoms with Crippen LogP contribution >= 0.6 is 15.9 Å². The fourth-order valence-corrected chi connectivity index (χ4v) is 2.85. The Morgan fingerprint density at radius 3 is 2.62 bits per heavy atom. The molecule has 0 amide bonds. The molecule has 112 valence electrons. The Bertz CT molecular complexity index is 603. The number of rotatable bonds is 6. The lowest BCUT2D eigenvalue weighted by Gasteiger charge is -2.17. The van der Waals surface area contributed by atoms with E-state index in [1.54, 1.807) is 7.11 Å². The molecule has 2 rings (SSSR count). The predicted molar refractivity (Wildman–Crippen MR) is 87.0 cm³/mol. The molecule has 0 spiro atoms. The molecule has 2 aromatic rings. The Hall–Kier alpha value is -1.39. The van der Waals surface area contributed by atoms with E-state index in [1.165, 1.54) is 6.07 Å². The van der Waals surface area contributed by atoms with E-state index in [0.717, 1.165) is 29.7 Å². The lowest BCUT2D eigenvalue weighted by Crippen LogP contribution is -2.19. The van der Waals surface area contributed by atoms with E-state index in [1.807, 2.05) is 30.3 Å². The molecule has 0 aliphatic rings. The lowest BCUT2D eigenvalue weighted by atomic mass is 9.92. The van der Waals surface area contributed by atoms with Crippen molar-refractivity contribution in [3.63, 3.8) is 0 Å². The summed E-state index contributed by atoms with van der Waals surface area (Å²) in [7, 11) is 1.67. The number of hydrogen-bond donors (Lipinski definition) is 1. The summed E-state index contributed by atoms with van der Waals surface area (Å²) >= 11 is 3.22. The average Bonchev–Trinajstić information content (AvgIpc) is 2.50. The first-order valence-electron chi connectivity index (χ1n) is 6.90. The Morgan fingerprint density at radius 1 is 1.19 bits per heavy atom. The van der Waals surface area contributed by atoms with Gasteiger partial charge in [0.15, 0.2) is 0 Å². The molecule has 0 radical (unpaired) electrons. The first kappa shape index (κ1) is 16.0. The highest BCUT2D eigenvalue weighted by molar-refractivity contribution is 9.10. The molecule has 0 aliphatic heterocycles. The highest BCUT2D eigenvalue weighted by Crippen LogP contribution is 2.24. The summed E-state index contributed by atoms with van der Waals surface area (Å²) in [6.45, 7) is 0.576. The second kappa shape index (κ2) is 7.57. The van der Waals surface area contributed by atoms with Crippen LogP contribution in [0.3, 0.4) is 0 Å². The van der Waals surface area contributed by atoms with Crippen LogP contribution in [0.25, 0.3) is 0 Å². The van der Waals surface area contributed by atoms with Crippen molar-refractivity contribution in [2.24, 2.45) is 11.7 Å². The van der Waals surface area contributed by atoms with Gasteiger partial charge in [-0.25, -0.2) is 4.39 Å². The Labute approximate surface area is 133 Å². The summed E-state index contributed by atoms with van der Waals surface area (Å²) in [5, 5.41) is 0. The van der Waals surface area contributed by atoms with Gasteiger partial charge >= 0.3 is 0 Å². The third kappa shape index (κ3) is 4.29. The third-order valence-electron chi connectivity index (χ3n) is 3.54. The maximum Gasteiger partial charge on any atom is 0.137 e. The van der Waals surface area contributed by atoms with Gasteiger partial charge in [0.25, 0.3) is 0 Å². The van der Waals surface area contributed by atoms with Crippen molar-refractivity contribution >= 4 is 15.9 Å². The van der Waals surface area contributed by atoms with Gasteiger partial charge in [-0.3, -0.25) is 0 Å². The van der Waals surface area contributed by atoms with Crippen LogP contribution in [0.4, 0.5) is 4.39 Å². The van der Waals surface area contributed by atoms with Crippen molar-refractivity contribution in [1.82, 2.24) is 0 Å². The molecule has 0 heterocycles. The topological polar surface area (TPSA) is 35.2 Å². The van der Waals surface area contributed by atoms with Gasteiger partial charge in [0.2, 0.25) is 0 Å². The smallest absolute Gasteiger partial charge is 0.137 e. The second-order valence-electron chi connectivity index (χ2n) is 5.07. The lowest BCUT2D eigenvalue weighted by molar-refractivity contribution is 0.404. The molecule has 21 heavy (non-hydrogen) atoms. The molecule has 0 fully saturated rings. The van der Waals surface area contributed by atoms with Crippen LogP contribution in [0.15, 0.2) is 46.9 Å². The molecule has 1 atom stereocenters. The molecular formula is C17H19BrFNO. The third-order valence-corrected chi connectivity index (χ3v) is 4.15. The molecule has 2 nitrogen and oxygen atoms in total. The zero-order valence-electron chi connectivity index (χ0n) is 12.0. The number of benzene rings is 2. The van der Waals surface area contributed by atoms with Crippen molar-refractivity contribution in [2.45, 2.75) is 12.8 Å². The Balaban J connectivity index is 2.11. The van der Waals surface area contributed by atoms with Crippen molar-refractivity contribution in [3.05, 3.63) is 63.9 Å². The van der Waals surface area contributed by atoms with Crippen molar-refractivity contribution < 1.29 is 9.13 Å². The molecule has 0 aliphatic carbocycles. The number of halogens is 2. The summed E-state index contributed by atoms with van der Waals surface area (Å²) < 4.78 is 19.1. The van der Waals surface area contributed by atoms with Crippen LogP contribution in [0.2, 0.25) is 0 Å². The van der Waals surface area contributed by atoms with Crippen LogP contribution < -0.4 is 10.5 Å². The minimum absolute atomic E-state index is 0.243. The van der Waals surface area contributed by atoms with Crippen LogP contribution in [0.1, 0.15) is 11.1 Å². The van der Waals surface area contributed by atoms with Gasteiger partial charge in [-0.1, -0.05) is 24.3 Å². The summed E-state index contributed by atoms with van der Waals surface area (Å²) in [5.41, 5.74) is 8.13. The van der Waals surface area contributed by atoms with E-state index in [2.05, 4.69) is 22.0 Å². The quantitative estimate of drug-likeness (QED) is 0.854. The van der Waals surface area contributed by atoms with Gasteiger partial charge in [0.1, 0.15) is 11.6 Å². The van der Waals surface area contributed by atoms with E-state index >= 15 is 0 Å². The van der Waals surface area contributed by atoms with Gasteiger partial charge < -0.3 is 10.5 Å². The van der Waals surface area contributed by atoms with Crippen molar-refractivity contribution in [1.29, 1.82) is 0 Å². The monoisotopic (exact) mass is 351 g/mol. The molecule has 0 aromatic heterocycles. The normalized spacial score (nSPS) is 12.2. The minimum Gasteiger partial charge on any atom is -0.496 e. The van der Waals surface area contributed by atoms with E-state index in [4.69, 9.17) is 10.5 Å². The van der Waals surface area contributed by atoms with E-state index in [9.17, 15) is 4.39 Å². The minimum atomic E-state index is -0.243. The number of para-hydroxylation sites is 1. The standard InChI is InChI=1S/C17H19BrFNO/c1-21-17-5-3-2-4-14(17)9-13(11-20)8-12-6-7-16(19)15(18)10-12/h2-7,10,13H,8-9,11,20H2,1H3. The van der Waals surface area contributed by atoms with E-state index in [0.29, 0.717) is 16.9 Å². The fraction of sp³-hybridized carbons (Fsp3) is 0.294. The van der Waals surface area contributed by atoms with E-state index in [-0.39, 0.29) is 5.82 Å². The number of ether oxygens (including phenoxy) is 1. The number of methoxy groups -OCH3 is 1. The summed E-state index contributed by atoms with van der Waals surface area (Å²) in [4.78, 5) is 0. The average molecular weight is 352 g/mol. The first-order valence-corrected chi connectivity index (χ1v) is 7.69. The molecule has 0 saturated carbocycles.